The average molecular weight is 329 g/mol. The minimum absolute atomic E-state index is 0.0903. The van der Waals surface area contributed by atoms with Crippen LogP contribution < -0.4 is 4.74 Å². The van der Waals surface area contributed by atoms with Crippen LogP contribution in [-0.2, 0) is 11.2 Å². The van der Waals surface area contributed by atoms with Crippen LogP contribution in [0.25, 0.3) is 0 Å². The van der Waals surface area contributed by atoms with Crippen LogP contribution in [0, 0.1) is 5.92 Å². The number of hydrogen-bond donors (Lipinski definition) is 1. The highest BCUT2D eigenvalue weighted by Crippen LogP contribution is 2.39. The number of ether oxygens (including phenoxy) is 1. The van der Waals surface area contributed by atoms with Gasteiger partial charge in [0.15, 0.2) is 5.60 Å². The van der Waals surface area contributed by atoms with Crippen molar-refractivity contribution in [2.75, 3.05) is 19.7 Å². The van der Waals surface area contributed by atoms with E-state index in [9.17, 15) is 23.1 Å². The van der Waals surface area contributed by atoms with Gasteiger partial charge in [-0.15, -0.1) is 0 Å². The Balaban J connectivity index is 1.63. The number of piperidine rings is 1. The summed E-state index contributed by atoms with van der Waals surface area (Å²) in [7, 11) is 0. The summed E-state index contributed by atoms with van der Waals surface area (Å²) >= 11 is 0. The highest BCUT2D eigenvalue weighted by molar-refractivity contribution is 5.80. The first kappa shape index (κ1) is 16.1. The molecule has 2 aliphatic heterocycles. The monoisotopic (exact) mass is 329 g/mol. The van der Waals surface area contributed by atoms with Crippen molar-refractivity contribution in [2.24, 2.45) is 5.92 Å². The van der Waals surface area contributed by atoms with Gasteiger partial charge in [0.05, 0.1) is 5.92 Å². The fourth-order valence-corrected chi connectivity index (χ4v) is 3.13. The molecule has 23 heavy (non-hydrogen) atoms. The number of likely N-dealkylation sites (tertiary alicyclic amines) is 1. The van der Waals surface area contributed by atoms with Crippen molar-refractivity contribution < 1.29 is 27.8 Å². The van der Waals surface area contributed by atoms with Gasteiger partial charge in [0.2, 0.25) is 5.91 Å². The van der Waals surface area contributed by atoms with Crippen LogP contribution in [0.4, 0.5) is 13.2 Å². The summed E-state index contributed by atoms with van der Waals surface area (Å²) in [6.45, 7) is 0.0515. The Morgan fingerprint density at radius 3 is 2.57 bits per heavy atom. The molecular weight excluding hydrogens is 311 g/mol. The smallest absolute Gasteiger partial charge is 0.417 e. The van der Waals surface area contributed by atoms with E-state index in [4.69, 9.17) is 4.74 Å². The largest absolute Gasteiger partial charge is 0.492 e. The Bertz CT molecular complexity index is 594. The van der Waals surface area contributed by atoms with Gasteiger partial charge in [0, 0.05) is 25.9 Å². The van der Waals surface area contributed by atoms with E-state index >= 15 is 0 Å². The maximum Gasteiger partial charge on any atom is 0.417 e. The quantitative estimate of drug-likeness (QED) is 0.859. The zero-order valence-corrected chi connectivity index (χ0v) is 12.5. The highest BCUT2D eigenvalue weighted by Gasteiger charge is 2.55. The third-order valence-corrected chi connectivity index (χ3v) is 4.66. The van der Waals surface area contributed by atoms with Crippen LogP contribution in [0.15, 0.2) is 24.3 Å². The lowest BCUT2D eigenvalue weighted by atomic mass is 9.89. The SMILES string of the molecule is O=C(C1COc2ccccc2C1)N1CCC(O)(C(F)(F)F)CC1. The average Bonchev–Trinajstić information content (AvgIpc) is 2.53. The van der Waals surface area contributed by atoms with E-state index in [0.717, 1.165) is 11.3 Å². The van der Waals surface area contributed by atoms with Crippen molar-refractivity contribution >= 4 is 5.91 Å². The molecule has 0 radical (unpaired) electrons. The molecule has 1 saturated heterocycles. The maximum atomic E-state index is 12.8. The third kappa shape index (κ3) is 3.02. The fourth-order valence-electron chi connectivity index (χ4n) is 3.13. The number of amides is 1. The second kappa shape index (κ2) is 5.70. The minimum Gasteiger partial charge on any atom is -0.492 e. The predicted molar refractivity (Wildman–Crippen MR) is 75.9 cm³/mol. The standard InChI is InChI=1S/C16H18F3NO3/c17-16(18,19)15(22)5-7-20(8-6-15)14(21)12-9-11-3-1-2-4-13(11)23-10-12/h1-4,12,22H,5-10H2. The summed E-state index contributed by atoms with van der Waals surface area (Å²) in [6.07, 6.45) is -5.09. The Hall–Kier alpha value is -1.76. The van der Waals surface area contributed by atoms with Crippen LogP contribution in [0.2, 0.25) is 0 Å². The molecule has 2 aliphatic rings. The van der Waals surface area contributed by atoms with Gasteiger partial charge in [-0.25, -0.2) is 0 Å². The second-order valence-electron chi connectivity index (χ2n) is 6.17. The van der Waals surface area contributed by atoms with Crippen molar-refractivity contribution in [2.45, 2.75) is 31.0 Å². The molecule has 126 valence electrons. The number of benzene rings is 1. The highest BCUT2D eigenvalue weighted by atomic mass is 19.4. The summed E-state index contributed by atoms with van der Waals surface area (Å²) in [4.78, 5) is 13.9. The molecule has 7 heteroatoms. The Morgan fingerprint density at radius 2 is 1.91 bits per heavy atom. The molecule has 2 heterocycles. The Labute approximate surface area is 131 Å². The van der Waals surface area contributed by atoms with Gasteiger partial charge >= 0.3 is 6.18 Å². The first-order chi connectivity index (χ1) is 10.8. The van der Waals surface area contributed by atoms with Crippen molar-refractivity contribution in [1.82, 2.24) is 4.90 Å². The first-order valence-corrected chi connectivity index (χ1v) is 7.59. The lowest BCUT2D eigenvalue weighted by Crippen LogP contribution is -2.55. The number of nitrogens with zero attached hydrogens (tertiary/aromatic N) is 1. The maximum absolute atomic E-state index is 12.8. The van der Waals surface area contributed by atoms with E-state index in [1.807, 2.05) is 24.3 Å². The van der Waals surface area contributed by atoms with Crippen LogP contribution in [0.1, 0.15) is 18.4 Å². The van der Waals surface area contributed by atoms with Crippen molar-refractivity contribution in [3.8, 4) is 5.75 Å². The molecule has 1 fully saturated rings. The topological polar surface area (TPSA) is 49.8 Å². The molecule has 1 unspecified atom stereocenters. The van der Waals surface area contributed by atoms with Crippen LogP contribution >= 0.6 is 0 Å². The van der Waals surface area contributed by atoms with E-state index in [0.29, 0.717) is 6.42 Å². The summed E-state index contributed by atoms with van der Waals surface area (Å²) in [5.41, 5.74) is -1.75. The van der Waals surface area contributed by atoms with Gasteiger partial charge < -0.3 is 14.7 Å². The zero-order valence-electron chi connectivity index (χ0n) is 12.5. The third-order valence-electron chi connectivity index (χ3n) is 4.66. The van der Waals surface area contributed by atoms with Gasteiger partial charge in [-0.3, -0.25) is 4.79 Å². The molecule has 1 aromatic rings. The number of hydrogen-bond acceptors (Lipinski definition) is 3. The molecule has 1 N–H and O–H groups in total. The van der Waals surface area contributed by atoms with Gasteiger partial charge in [-0.1, -0.05) is 18.2 Å². The molecule has 0 aliphatic carbocycles. The minimum atomic E-state index is -4.66. The summed E-state index contributed by atoms with van der Waals surface area (Å²) in [5.74, 6) is 0.160. The number of fused-ring (bicyclic) bond motifs is 1. The lowest BCUT2D eigenvalue weighted by Gasteiger charge is -2.40. The second-order valence-corrected chi connectivity index (χ2v) is 6.17. The zero-order chi connectivity index (χ0) is 16.7. The summed E-state index contributed by atoms with van der Waals surface area (Å²) < 4.78 is 44.0. The van der Waals surface area contributed by atoms with E-state index in [1.54, 1.807) is 0 Å². The predicted octanol–water partition coefficient (Wildman–Crippen LogP) is 2.15. The Morgan fingerprint density at radius 1 is 1.26 bits per heavy atom. The molecule has 0 aromatic heterocycles. The van der Waals surface area contributed by atoms with Crippen molar-refractivity contribution in [1.29, 1.82) is 0 Å². The van der Waals surface area contributed by atoms with Crippen LogP contribution in [0.3, 0.4) is 0 Å². The van der Waals surface area contributed by atoms with Crippen LogP contribution in [-0.4, -0.2) is 47.4 Å². The van der Waals surface area contributed by atoms with Crippen molar-refractivity contribution in [3.63, 3.8) is 0 Å². The number of carbonyl (C=O) groups excluding carboxylic acids is 1. The van der Waals surface area contributed by atoms with Crippen molar-refractivity contribution in [3.05, 3.63) is 29.8 Å². The molecule has 1 amide bonds. The number of para-hydroxylation sites is 1. The number of alkyl halides is 3. The van der Waals surface area contributed by atoms with E-state index in [-0.39, 0.29) is 31.5 Å². The molecule has 0 spiro atoms. The van der Waals surface area contributed by atoms with Gasteiger partial charge in [-0.05, 0) is 18.1 Å². The Kier molecular flexibility index (Phi) is 4.00. The van der Waals surface area contributed by atoms with E-state index in [1.165, 1.54) is 4.90 Å². The number of carbonyl (C=O) groups is 1. The normalized spacial score (nSPS) is 23.8. The molecule has 0 bridgehead atoms. The molecule has 4 nitrogen and oxygen atoms in total. The molecular formula is C16H18F3NO3. The summed E-state index contributed by atoms with van der Waals surface area (Å²) in [5, 5.41) is 9.66. The fraction of sp³-hybridized carbons (Fsp3) is 0.562. The molecule has 3 rings (SSSR count). The van der Waals surface area contributed by atoms with Gasteiger partial charge in [0.25, 0.3) is 0 Å². The molecule has 1 aromatic carbocycles. The molecule has 1 atom stereocenters. The van der Waals surface area contributed by atoms with E-state index < -0.39 is 24.6 Å². The van der Waals surface area contributed by atoms with Crippen LogP contribution in [0.5, 0.6) is 5.75 Å². The lowest BCUT2D eigenvalue weighted by molar-refractivity contribution is -0.272. The molecule has 0 saturated carbocycles. The van der Waals surface area contributed by atoms with Gasteiger partial charge in [0.1, 0.15) is 12.4 Å². The van der Waals surface area contributed by atoms with Gasteiger partial charge in [-0.2, -0.15) is 13.2 Å². The number of halogens is 3. The summed E-state index contributed by atoms with van der Waals surface area (Å²) in [6, 6.07) is 7.43. The number of rotatable bonds is 1. The number of aliphatic hydroxyl groups is 1. The van der Waals surface area contributed by atoms with E-state index in [2.05, 4.69) is 0 Å². The first-order valence-electron chi connectivity index (χ1n) is 7.59.